The number of aromatic nitrogens is 2. The van der Waals surface area contributed by atoms with E-state index in [-0.39, 0.29) is 18.2 Å². The summed E-state index contributed by atoms with van der Waals surface area (Å²) in [7, 11) is 1.58. The molecule has 4 rings (SSSR count). The smallest absolute Gasteiger partial charge is 0.251 e. The van der Waals surface area contributed by atoms with Crippen molar-refractivity contribution in [2.45, 2.75) is 19.4 Å². The Morgan fingerprint density at radius 3 is 2.72 bits per heavy atom. The Morgan fingerprint density at radius 2 is 2.03 bits per heavy atom. The molecule has 1 atom stereocenters. The van der Waals surface area contributed by atoms with Crippen LogP contribution in [0.15, 0.2) is 48.5 Å². The summed E-state index contributed by atoms with van der Waals surface area (Å²) in [6.45, 7) is 1.86. The molecule has 29 heavy (non-hydrogen) atoms. The highest BCUT2D eigenvalue weighted by Crippen LogP contribution is 2.38. The van der Waals surface area contributed by atoms with Gasteiger partial charge in [-0.15, -0.1) is 0 Å². The Bertz CT molecular complexity index is 1090. The molecule has 1 aliphatic heterocycles. The van der Waals surface area contributed by atoms with E-state index >= 15 is 0 Å². The lowest BCUT2D eigenvalue weighted by molar-refractivity contribution is -0.123. The number of aryl methyl sites for hydroxylation is 1. The van der Waals surface area contributed by atoms with Crippen LogP contribution in [0.5, 0.6) is 5.75 Å². The van der Waals surface area contributed by atoms with Crippen LogP contribution in [0.25, 0.3) is 11.1 Å². The van der Waals surface area contributed by atoms with Gasteiger partial charge in [0.25, 0.3) is 5.91 Å². The number of hydrogen-bond donors (Lipinski definition) is 2. The number of halogens is 1. The lowest BCUT2D eigenvalue weighted by Crippen LogP contribution is -2.23. The summed E-state index contributed by atoms with van der Waals surface area (Å²) < 4.78 is 6.69. The molecule has 2 N–H and O–H groups in total. The van der Waals surface area contributed by atoms with Crippen LogP contribution in [0.2, 0.25) is 5.02 Å². The second kappa shape index (κ2) is 7.60. The summed E-state index contributed by atoms with van der Waals surface area (Å²) >= 11 is 6.11. The topological polar surface area (TPSA) is 85.2 Å². The first kappa shape index (κ1) is 19.0. The Hall–Kier alpha value is -3.32. The number of carbonyl (C=O) groups excluding carboxylic acids is 2. The Kier molecular flexibility index (Phi) is 4.98. The molecule has 0 fully saturated rings. The minimum absolute atomic E-state index is 0.0268. The highest BCUT2D eigenvalue weighted by molar-refractivity contribution is 6.30. The van der Waals surface area contributed by atoms with E-state index in [2.05, 4.69) is 15.7 Å². The van der Waals surface area contributed by atoms with Gasteiger partial charge in [-0.25, -0.2) is 4.68 Å². The number of ether oxygens (including phenoxy) is 1. The summed E-state index contributed by atoms with van der Waals surface area (Å²) in [6, 6.07) is 13.6. The molecular formula is C21H19ClN4O3. The highest BCUT2D eigenvalue weighted by Gasteiger charge is 2.36. The molecule has 148 valence electrons. The van der Waals surface area contributed by atoms with Gasteiger partial charge in [-0.3, -0.25) is 9.59 Å². The van der Waals surface area contributed by atoms with Gasteiger partial charge >= 0.3 is 0 Å². The van der Waals surface area contributed by atoms with Gasteiger partial charge < -0.3 is 15.4 Å². The number of nitrogens with one attached hydrogen (secondary N) is 2. The quantitative estimate of drug-likeness (QED) is 0.664. The predicted molar refractivity (Wildman–Crippen MR) is 111 cm³/mol. The first-order chi connectivity index (χ1) is 14.0. The lowest BCUT2D eigenvalue weighted by Gasteiger charge is -2.10. The number of fused-ring (bicyclic) bond motifs is 1. The Labute approximate surface area is 172 Å². The van der Waals surface area contributed by atoms with Crippen molar-refractivity contribution in [3.8, 4) is 16.9 Å². The molecule has 8 heteroatoms. The third-order valence-corrected chi connectivity index (χ3v) is 5.03. The molecule has 0 spiro atoms. The van der Waals surface area contributed by atoms with Crippen molar-refractivity contribution in [3.63, 3.8) is 0 Å². The lowest BCUT2D eigenvalue weighted by atomic mass is 10.1. The highest BCUT2D eigenvalue weighted by atomic mass is 35.5. The third kappa shape index (κ3) is 3.69. The average Bonchev–Trinajstić information content (AvgIpc) is 3.16. The summed E-state index contributed by atoms with van der Waals surface area (Å²) in [5.41, 5.74) is 3.05. The van der Waals surface area contributed by atoms with Gasteiger partial charge in [-0.1, -0.05) is 23.7 Å². The number of anilines is 2. The average molecular weight is 411 g/mol. The van der Waals surface area contributed by atoms with E-state index in [1.54, 1.807) is 42.1 Å². The molecule has 1 aliphatic rings. The van der Waals surface area contributed by atoms with Crippen LogP contribution in [0, 0.1) is 6.92 Å². The Morgan fingerprint density at radius 1 is 1.28 bits per heavy atom. The van der Waals surface area contributed by atoms with Crippen molar-refractivity contribution in [2.24, 2.45) is 0 Å². The summed E-state index contributed by atoms with van der Waals surface area (Å²) in [4.78, 5) is 25.0. The Balaban J connectivity index is 1.55. The normalized spacial score (nSPS) is 15.0. The SMILES string of the molecule is COc1ccc(NC(=O)CC2C(=O)Nc3c(-c4cccc(Cl)c4)c(C)nn32)cc1. The monoisotopic (exact) mass is 410 g/mol. The van der Waals surface area contributed by atoms with Crippen LogP contribution in [0.1, 0.15) is 18.2 Å². The van der Waals surface area contributed by atoms with Gasteiger partial charge in [-0.05, 0) is 48.9 Å². The predicted octanol–water partition coefficient (Wildman–Crippen LogP) is 4.04. The van der Waals surface area contributed by atoms with Crippen LogP contribution >= 0.6 is 11.6 Å². The first-order valence-corrected chi connectivity index (χ1v) is 9.44. The number of nitrogens with zero attached hydrogens (tertiary/aromatic N) is 2. The van der Waals surface area contributed by atoms with Gasteiger partial charge in [0.05, 0.1) is 19.2 Å². The largest absolute Gasteiger partial charge is 0.497 e. The maximum Gasteiger partial charge on any atom is 0.251 e. The fraction of sp³-hybridized carbons (Fsp3) is 0.190. The zero-order valence-corrected chi connectivity index (χ0v) is 16.7. The van der Waals surface area contributed by atoms with E-state index in [4.69, 9.17) is 16.3 Å². The van der Waals surface area contributed by atoms with E-state index in [9.17, 15) is 9.59 Å². The minimum atomic E-state index is -0.713. The first-order valence-electron chi connectivity index (χ1n) is 9.06. The third-order valence-electron chi connectivity index (χ3n) is 4.79. The number of amides is 2. The molecular weight excluding hydrogens is 392 g/mol. The van der Waals surface area contributed by atoms with Gasteiger partial charge in [0.1, 0.15) is 17.6 Å². The van der Waals surface area contributed by atoms with E-state index in [1.807, 2.05) is 25.1 Å². The van der Waals surface area contributed by atoms with E-state index in [0.29, 0.717) is 22.3 Å². The summed E-state index contributed by atoms with van der Waals surface area (Å²) in [5.74, 6) is 0.738. The van der Waals surface area contributed by atoms with Crippen molar-refractivity contribution >= 4 is 34.9 Å². The van der Waals surface area contributed by atoms with Crippen LogP contribution in [0.3, 0.4) is 0 Å². The fourth-order valence-electron chi connectivity index (χ4n) is 3.43. The molecule has 2 aromatic carbocycles. The van der Waals surface area contributed by atoms with E-state index in [1.165, 1.54) is 0 Å². The minimum Gasteiger partial charge on any atom is -0.497 e. The second-order valence-electron chi connectivity index (χ2n) is 6.75. The van der Waals surface area contributed by atoms with Gasteiger partial charge in [0, 0.05) is 16.3 Å². The summed E-state index contributed by atoms with van der Waals surface area (Å²) in [6.07, 6.45) is -0.0268. The van der Waals surface area contributed by atoms with Crippen LogP contribution in [-0.2, 0) is 9.59 Å². The maximum absolute atomic E-state index is 12.5. The molecule has 0 saturated heterocycles. The number of carbonyl (C=O) groups is 2. The number of hydrogen-bond acceptors (Lipinski definition) is 4. The molecule has 7 nitrogen and oxygen atoms in total. The van der Waals surface area contributed by atoms with Crippen LogP contribution in [-0.4, -0.2) is 28.7 Å². The van der Waals surface area contributed by atoms with Gasteiger partial charge in [0.15, 0.2) is 0 Å². The van der Waals surface area contributed by atoms with Crippen molar-refractivity contribution in [1.82, 2.24) is 9.78 Å². The molecule has 0 aliphatic carbocycles. The van der Waals surface area contributed by atoms with Crippen molar-refractivity contribution in [3.05, 3.63) is 59.2 Å². The molecule has 0 radical (unpaired) electrons. The number of benzene rings is 2. The zero-order valence-electron chi connectivity index (χ0n) is 15.9. The molecule has 0 bridgehead atoms. The molecule has 3 aromatic rings. The van der Waals surface area contributed by atoms with E-state index < -0.39 is 6.04 Å². The van der Waals surface area contributed by atoms with Gasteiger partial charge in [-0.2, -0.15) is 5.10 Å². The van der Waals surface area contributed by atoms with Gasteiger partial charge in [0.2, 0.25) is 5.91 Å². The summed E-state index contributed by atoms with van der Waals surface area (Å²) in [5, 5.41) is 10.8. The molecule has 0 saturated carbocycles. The van der Waals surface area contributed by atoms with Crippen molar-refractivity contribution in [1.29, 1.82) is 0 Å². The van der Waals surface area contributed by atoms with Crippen molar-refractivity contribution < 1.29 is 14.3 Å². The van der Waals surface area contributed by atoms with Crippen LogP contribution < -0.4 is 15.4 Å². The van der Waals surface area contributed by atoms with E-state index in [0.717, 1.165) is 16.8 Å². The number of rotatable bonds is 5. The maximum atomic E-state index is 12.5. The zero-order chi connectivity index (χ0) is 20.5. The molecule has 1 aromatic heterocycles. The standard InChI is InChI=1S/C21H19ClN4O3/c1-12-19(13-4-3-5-14(22)10-13)20-24-21(28)17(26(20)25-12)11-18(27)23-15-6-8-16(29-2)9-7-15/h3-10,17H,11H2,1-2H3,(H,23,27)(H,24,28). The number of methoxy groups -OCH3 is 1. The molecule has 1 unspecified atom stereocenters. The van der Waals surface area contributed by atoms with Crippen molar-refractivity contribution in [2.75, 3.05) is 17.7 Å². The van der Waals surface area contributed by atoms with Crippen LogP contribution in [0.4, 0.5) is 11.5 Å². The second-order valence-corrected chi connectivity index (χ2v) is 7.19. The molecule has 2 amide bonds. The molecule has 2 heterocycles. The fourth-order valence-corrected chi connectivity index (χ4v) is 3.62.